The number of allylic oxidation sites excluding steroid dienone is 6. The third-order valence-corrected chi connectivity index (χ3v) is 16.6. The van der Waals surface area contributed by atoms with Gasteiger partial charge in [-0.15, -0.1) is 0 Å². The molecule has 2 atom stereocenters. The molecular formula is C63H77B2F3N12O8. The maximum Gasteiger partial charge on any atom is 0.737 e. The van der Waals surface area contributed by atoms with Crippen molar-refractivity contribution in [3.8, 4) is 34.5 Å². The van der Waals surface area contributed by atoms with Gasteiger partial charge in [-0.25, -0.2) is 9.97 Å². The van der Waals surface area contributed by atoms with Crippen LogP contribution in [0.25, 0.3) is 11.1 Å². The Morgan fingerprint density at radius 2 is 0.932 bits per heavy atom. The van der Waals surface area contributed by atoms with Crippen molar-refractivity contribution in [3.63, 3.8) is 0 Å². The molecule has 0 amide bonds. The molecule has 464 valence electrons. The number of aromatic nitrogens is 6. The summed E-state index contributed by atoms with van der Waals surface area (Å²) in [5, 5.41) is 0. The van der Waals surface area contributed by atoms with Crippen LogP contribution in [-0.2, 0) is 22.4 Å². The maximum absolute atomic E-state index is 16.5. The third kappa shape index (κ3) is 12.6. The number of carbonyl (C=O) groups excluding carboxylic acids is 2. The fourth-order valence-electron chi connectivity index (χ4n) is 12.6. The molecule has 8 heterocycles. The Balaban J connectivity index is 0.000000209. The number of fused-ring (bicyclic) bond motifs is 4. The van der Waals surface area contributed by atoms with Gasteiger partial charge in [0.05, 0.1) is 41.7 Å². The lowest BCUT2D eigenvalue weighted by Gasteiger charge is -2.36. The summed E-state index contributed by atoms with van der Waals surface area (Å²) >= 11 is 0. The van der Waals surface area contributed by atoms with Crippen molar-refractivity contribution in [2.45, 2.75) is 113 Å². The molecule has 0 saturated heterocycles. The van der Waals surface area contributed by atoms with E-state index in [-0.39, 0.29) is 49.3 Å². The van der Waals surface area contributed by atoms with Crippen molar-refractivity contribution in [2.24, 2.45) is 0 Å². The minimum absolute atomic E-state index is 0.0252. The zero-order valence-electron chi connectivity index (χ0n) is 51.9. The summed E-state index contributed by atoms with van der Waals surface area (Å²) < 4.78 is 88.2. The second kappa shape index (κ2) is 26.0. The Morgan fingerprint density at radius 1 is 0.545 bits per heavy atom. The van der Waals surface area contributed by atoms with Crippen molar-refractivity contribution in [1.29, 1.82) is 0 Å². The van der Waals surface area contributed by atoms with E-state index in [1.807, 2.05) is 81.6 Å². The highest BCUT2D eigenvalue weighted by Crippen LogP contribution is 2.43. The van der Waals surface area contributed by atoms with Crippen molar-refractivity contribution >= 4 is 71.3 Å². The first kappa shape index (κ1) is 63.2. The summed E-state index contributed by atoms with van der Waals surface area (Å²) in [5.74, 6) is 3.69. The lowest BCUT2D eigenvalue weighted by atomic mass is 9.67. The van der Waals surface area contributed by atoms with Crippen LogP contribution in [0.3, 0.4) is 0 Å². The molecule has 88 heavy (non-hydrogen) atoms. The lowest BCUT2D eigenvalue weighted by molar-refractivity contribution is -0.363. The van der Waals surface area contributed by atoms with Gasteiger partial charge in [0.2, 0.25) is 23.4 Å². The smallest absolute Gasteiger partial charge is 0.493 e. The number of ketones is 2. The number of carbonyl (C=O) groups is 2. The van der Waals surface area contributed by atoms with Gasteiger partial charge in [-0.1, -0.05) is 6.82 Å². The number of halogens is 3. The highest BCUT2D eigenvalue weighted by atomic mass is 19.1. The Morgan fingerprint density at radius 3 is 1.34 bits per heavy atom. The van der Waals surface area contributed by atoms with E-state index in [2.05, 4.69) is 19.9 Å². The van der Waals surface area contributed by atoms with Gasteiger partial charge in [0.1, 0.15) is 34.6 Å². The monoisotopic (exact) mass is 1210 g/mol. The fourth-order valence-corrected chi connectivity index (χ4v) is 12.6. The summed E-state index contributed by atoms with van der Waals surface area (Å²) in [6, 6.07) is 11.1. The molecule has 4 aliphatic rings. The van der Waals surface area contributed by atoms with Crippen molar-refractivity contribution in [1.82, 2.24) is 28.9 Å². The summed E-state index contributed by atoms with van der Waals surface area (Å²) in [5.41, 5.74) is 35.7. The van der Waals surface area contributed by atoms with E-state index in [1.165, 1.54) is 14.2 Å². The number of Topliss-reactive ketones (excluding diaryl/α,β-unsaturated/α-hetero) is 2. The Labute approximate surface area is 510 Å². The van der Waals surface area contributed by atoms with E-state index < -0.39 is 13.7 Å². The summed E-state index contributed by atoms with van der Waals surface area (Å²) in [6.45, 7) is 6.97. The molecule has 4 aliphatic heterocycles. The molecule has 0 aliphatic carbocycles. The maximum atomic E-state index is 16.5. The second-order valence-electron chi connectivity index (χ2n) is 22.7. The average molecular weight is 1210 g/mol. The number of nitrogens with two attached hydrogens (primary N) is 4. The van der Waals surface area contributed by atoms with E-state index in [1.54, 1.807) is 63.1 Å². The quantitative estimate of drug-likeness (QED) is 0.0324. The van der Waals surface area contributed by atoms with Crippen molar-refractivity contribution in [2.75, 3.05) is 64.6 Å². The molecule has 0 saturated carbocycles. The highest BCUT2D eigenvalue weighted by molar-refractivity contribution is 6.64. The van der Waals surface area contributed by atoms with Gasteiger partial charge in [0, 0.05) is 122 Å². The van der Waals surface area contributed by atoms with Crippen LogP contribution in [0.2, 0.25) is 6.82 Å². The number of hydrogen-bond donors (Lipinski definition) is 4. The summed E-state index contributed by atoms with van der Waals surface area (Å²) in [6.07, 6.45) is 14.1. The highest BCUT2D eigenvalue weighted by Gasteiger charge is 2.54. The van der Waals surface area contributed by atoms with Crippen LogP contribution >= 0.6 is 0 Å². The zero-order chi connectivity index (χ0) is 63.5. The standard InChI is InChI=1S/C32H40BFN6O4.C31H37BF2N6O4/c1-19-14-20(2)39-29(19)21(3)26-12-10-24(40(26)33(39,4)34)9-11-25(41)8-7-13-44-30-27(42-5)16-22(17-28(30)43-6)15-23-18-37-32(36)38-31(23)35;1-18-13-19(2)39-28(18)20(3)25-11-9-23(40(25)32(39,33)34)8-10-24(41)7-6-12-44-29-26(42-4)15-21(16-27(29)43-5)14-22-17-37-31(36)38-30(22)35/h10,12,14,16-18H,7-9,11,13,15H2,1-6H3,(H4,35,36,37,38);9,11,13,15-17H,6-8,10,12,14H2,1-5H3,(H4,35,36,37,38)/i;33-1. The van der Waals surface area contributed by atoms with E-state index >= 15 is 12.9 Å². The van der Waals surface area contributed by atoms with Gasteiger partial charge >= 0.3 is 13.7 Å². The SMILES string of the molecule is COc1cc(Cc2cnc(N)nc2N)cc(OC)c1OCCCC(=O)CCC1=[N+]2C(=C(C)c3c(C)cc(C)n3[B-]2(C)F)C=C1.COc1cc(Cc2cnc(N)nc2N)cc(OC)c1OCCCC(=O)CCC1=[N+]2C(=C(C)c3c(C)cc(C)n3[B-]2(F)[18F])C=C1. The van der Waals surface area contributed by atoms with Gasteiger partial charge < -0.3 is 82.2 Å². The van der Waals surface area contributed by atoms with E-state index in [9.17, 15) is 9.59 Å². The van der Waals surface area contributed by atoms with Gasteiger partial charge in [0.15, 0.2) is 34.4 Å². The minimum Gasteiger partial charge on any atom is -0.493 e. The number of anilines is 4. The predicted octanol–water partition coefficient (Wildman–Crippen LogP) is 9.90. The molecule has 25 heteroatoms. The topological polar surface area (TPSA) is 261 Å². The van der Waals surface area contributed by atoms with Gasteiger partial charge in [-0.05, 0) is 124 Å². The average Bonchev–Trinajstić information content (AvgIpc) is 1.54. The fraction of sp³-hybridized carbons (Fsp3) is 0.365. The molecule has 0 bridgehead atoms. The first-order valence-electron chi connectivity index (χ1n) is 29.3. The van der Waals surface area contributed by atoms with Crippen LogP contribution in [0.5, 0.6) is 34.5 Å². The first-order chi connectivity index (χ1) is 41.9. The number of methoxy groups -OCH3 is 4. The predicted molar refractivity (Wildman–Crippen MR) is 338 cm³/mol. The van der Waals surface area contributed by atoms with Crippen molar-refractivity contribution in [3.05, 3.63) is 141 Å². The Kier molecular flexibility index (Phi) is 18.7. The number of nitrogen functional groups attached to an aromatic ring is 4. The molecule has 2 aromatic carbocycles. The van der Waals surface area contributed by atoms with Crippen molar-refractivity contribution < 1.29 is 59.9 Å². The molecule has 2 unspecified atom stereocenters. The Hall–Kier alpha value is -9.28. The van der Waals surface area contributed by atoms with Crippen LogP contribution in [0.4, 0.5) is 36.5 Å². The van der Waals surface area contributed by atoms with Crippen LogP contribution in [0, 0.1) is 27.7 Å². The first-order valence-corrected chi connectivity index (χ1v) is 29.3. The van der Waals surface area contributed by atoms with E-state index in [4.69, 9.17) is 51.4 Å². The largest absolute Gasteiger partial charge is 0.737 e. The Bertz CT molecular complexity index is 3660. The molecular weight excluding hydrogens is 1130 g/mol. The molecule has 0 fully saturated rings. The number of ether oxygens (including phenoxy) is 6. The molecule has 6 aromatic rings. The molecule has 4 aromatic heterocycles. The van der Waals surface area contributed by atoms with Crippen LogP contribution in [0.1, 0.15) is 121 Å². The number of nitrogens with zero attached hydrogens (tertiary/aromatic N) is 8. The summed E-state index contributed by atoms with van der Waals surface area (Å²) in [7, 11) is 6.16. The van der Waals surface area contributed by atoms with Gasteiger partial charge in [-0.3, -0.25) is 9.59 Å². The zero-order valence-corrected chi connectivity index (χ0v) is 51.9. The lowest BCUT2D eigenvalue weighted by Crippen LogP contribution is -2.52. The number of aryl methyl sites for hydroxylation is 4. The molecule has 0 spiro atoms. The van der Waals surface area contributed by atoms with Gasteiger partial charge in [0.25, 0.3) is 0 Å². The minimum atomic E-state index is -4.06. The molecule has 0 radical (unpaired) electrons. The molecule has 20 nitrogen and oxygen atoms in total. The normalized spacial score (nSPS) is 17.2. The third-order valence-electron chi connectivity index (χ3n) is 16.6. The van der Waals surface area contributed by atoms with E-state index in [0.717, 1.165) is 70.7 Å². The molecule has 10 rings (SSSR count). The van der Waals surface area contributed by atoms with Gasteiger partial charge in [-0.2, -0.15) is 9.97 Å². The van der Waals surface area contributed by atoms with Crippen LogP contribution in [-0.4, -0.2) is 116 Å². The number of rotatable bonds is 24. The second-order valence-corrected chi connectivity index (χ2v) is 22.7. The van der Waals surface area contributed by atoms with Crippen LogP contribution in [0.15, 0.2) is 84.5 Å². The number of benzene rings is 2. The summed E-state index contributed by atoms with van der Waals surface area (Å²) in [4.78, 5) is 41.7. The van der Waals surface area contributed by atoms with E-state index in [0.29, 0.717) is 126 Å². The molecule has 8 N–H and O–H groups in total. The van der Waals surface area contributed by atoms with Crippen LogP contribution < -0.4 is 51.4 Å². The number of hydrogen-bond acceptors (Lipinski definition) is 16.